The van der Waals surface area contributed by atoms with Gasteiger partial charge in [0.15, 0.2) is 5.78 Å². The van der Waals surface area contributed by atoms with Crippen molar-refractivity contribution in [2.24, 2.45) is 0 Å². The number of hydrogen-bond acceptors (Lipinski definition) is 2. The van der Waals surface area contributed by atoms with Crippen LogP contribution in [-0.4, -0.2) is 12.3 Å². The number of Topliss-reactive ketones (excluding diaryl/α,β-unsaturated/α-hetero) is 1. The minimum Gasteiger partial charge on any atom is -0.308 e. The molecule has 0 fully saturated rings. The predicted octanol–water partition coefficient (Wildman–Crippen LogP) is 4.74. The monoisotopic (exact) mass is 327 g/mol. The van der Waals surface area contributed by atoms with E-state index in [0.717, 1.165) is 17.7 Å². The fraction of sp³-hybridized carbons (Fsp3) is 0.0870. The summed E-state index contributed by atoms with van der Waals surface area (Å²) >= 11 is 0. The lowest BCUT2D eigenvalue weighted by atomic mass is 10.0. The molecule has 0 saturated carbocycles. The molecule has 3 aromatic rings. The van der Waals surface area contributed by atoms with Crippen molar-refractivity contribution in [1.82, 2.24) is 5.32 Å². The van der Waals surface area contributed by atoms with Crippen LogP contribution in [0.4, 0.5) is 0 Å². The van der Waals surface area contributed by atoms with E-state index in [0.29, 0.717) is 12.1 Å². The maximum absolute atomic E-state index is 12.9. The molecule has 0 unspecified atom stereocenters. The highest BCUT2D eigenvalue weighted by Gasteiger charge is 2.12. The quantitative estimate of drug-likeness (QED) is 0.501. The van der Waals surface area contributed by atoms with Crippen LogP contribution in [0.1, 0.15) is 21.5 Å². The van der Waals surface area contributed by atoms with E-state index in [4.69, 9.17) is 0 Å². The third kappa shape index (κ3) is 5.00. The van der Waals surface area contributed by atoms with Crippen molar-refractivity contribution in [1.29, 1.82) is 0 Å². The van der Waals surface area contributed by atoms with Crippen LogP contribution in [-0.2, 0) is 6.54 Å². The van der Waals surface area contributed by atoms with Crippen molar-refractivity contribution in [2.45, 2.75) is 6.54 Å². The van der Waals surface area contributed by atoms with Crippen molar-refractivity contribution in [3.05, 3.63) is 113 Å². The van der Waals surface area contributed by atoms with Crippen LogP contribution in [0.25, 0.3) is 6.08 Å². The molecule has 3 aromatic carbocycles. The molecular formula is C23H21NO. The van der Waals surface area contributed by atoms with Gasteiger partial charge in [0.05, 0.1) is 0 Å². The number of hydrogen-bond donors (Lipinski definition) is 1. The molecule has 0 spiro atoms. The van der Waals surface area contributed by atoms with Crippen molar-refractivity contribution >= 4 is 11.9 Å². The van der Waals surface area contributed by atoms with Gasteiger partial charge in [-0.15, -0.1) is 0 Å². The Kier molecular flexibility index (Phi) is 5.91. The minimum absolute atomic E-state index is 0.0602. The first-order chi connectivity index (χ1) is 12.3. The lowest BCUT2D eigenvalue weighted by Gasteiger charge is -2.10. The van der Waals surface area contributed by atoms with Crippen molar-refractivity contribution in [3.8, 4) is 0 Å². The molecule has 2 nitrogen and oxygen atoms in total. The Morgan fingerprint density at radius 2 is 1.32 bits per heavy atom. The van der Waals surface area contributed by atoms with E-state index < -0.39 is 0 Å². The molecule has 0 aliphatic rings. The zero-order valence-electron chi connectivity index (χ0n) is 14.1. The number of carbonyl (C=O) groups excluding carboxylic acids is 1. The van der Waals surface area contributed by atoms with Crippen LogP contribution >= 0.6 is 0 Å². The largest absolute Gasteiger partial charge is 0.308 e. The Morgan fingerprint density at radius 3 is 1.96 bits per heavy atom. The topological polar surface area (TPSA) is 29.1 Å². The van der Waals surface area contributed by atoms with Crippen LogP contribution in [0.2, 0.25) is 0 Å². The molecule has 0 radical (unpaired) electrons. The van der Waals surface area contributed by atoms with Crippen molar-refractivity contribution in [2.75, 3.05) is 6.54 Å². The third-order valence-electron chi connectivity index (χ3n) is 3.96. The second-order valence-electron chi connectivity index (χ2n) is 5.86. The summed E-state index contributed by atoms with van der Waals surface area (Å²) in [6.07, 6.45) is 1.97. The molecule has 124 valence electrons. The van der Waals surface area contributed by atoms with Gasteiger partial charge in [0.25, 0.3) is 0 Å². The van der Waals surface area contributed by atoms with Gasteiger partial charge in [-0.2, -0.15) is 0 Å². The average molecular weight is 327 g/mol. The first-order valence-corrected chi connectivity index (χ1v) is 8.43. The zero-order valence-corrected chi connectivity index (χ0v) is 14.1. The molecule has 1 N–H and O–H groups in total. The fourth-order valence-corrected chi connectivity index (χ4v) is 2.66. The van der Waals surface area contributed by atoms with Crippen LogP contribution in [0.3, 0.4) is 0 Å². The summed E-state index contributed by atoms with van der Waals surface area (Å²) in [6, 6.07) is 29.6. The first-order valence-electron chi connectivity index (χ1n) is 8.43. The highest BCUT2D eigenvalue weighted by Crippen LogP contribution is 2.13. The Balaban J connectivity index is 1.77. The summed E-state index contributed by atoms with van der Waals surface area (Å²) in [4.78, 5) is 12.9. The number of rotatable bonds is 7. The number of ketones is 1. The summed E-state index contributed by atoms with van der Waals surface area (Å²) in [5.41, 5.74) is 3.71. The zero-order chi connectivity index (χ0) is 17.3. The third-order valence-corrected chi connectivity index (χ3v) is 3.96. The highest BCUT2D eigenvalue weighted by molar-refractivity contribution is 6.11. The molecule has 0 saturated heterocycles. The summed E-state index contributed by atoms with van der Waals surface area (Å²) in [6.45, 7) is 1.26. The van der Waals surface area contributed by atoms with Gasteiger partial charge in [-0.1, -0.05) is 91.0 Å². The van der Waals surface area contributed by atoms with Gasteiger partial charge in [0.2, 0.25) is 0 Å². The van der Waals surface area contributed by atoms with Gasteiger partial charge in [-0.3, -0.25) is 4.79 Å². The van der Waals surface area contributed by atoms with Crippen molar-refractivity contribution < 1.29 is 4.79 Å². The standard InChI is InChI=1S/C23H21NO/c25-23(21-14-8-3-9-15-21)22(16-19-10-4-1-5-11-19)18-24-17-20-12-6-2-7-13-20/h1-16,24H,17-18H2/b22-16+. The van der Waals surface area contributed by atoms with Gasteiger partial charge in [-0.05, 0) is 17.2 Å². The molecule has 0 bridgehead atoms. The average Bonchev–Trinajstić information content (AvgIpc) is 2.69. The van der Waals surface area contributed by atoms with Gasteiger partial charge in [-0.25, -0.2) is 0 Å². The van der Waals surface area contributed by atoms with Gasteiger partial charge in [0, 0.05) is 24.2 Å². The van der Waals surface area contributed by atoms with Crippen LogP contribution in [0.5, 0.6) is 0 Å². The number of carbonyl (C=O) groups is 1. The van der Waals surface area contributed by atoms with E-state index in [1.54, 1.807) is 0 Å². The fourth-order valence-electron chi connectivity index (χ4n) is 2.66. The molecule has 0 amide bonds. The van der Waals surface area contributed by atoms with Gasteiger partial charge < -0.3 is 5.32 Å². The van der Waals surface area contributed by atoms with E-state index in [2.05, 4.69) is 17.4 Å². The maximum atomic E-state index is 12.9. The first kappa shape index (κ1) is 16.9. The number of benzene rings is 3. The van der Waals surface area contributed by atoms with E-state index in [9.17, 15) is 4.79 Å². The van der Waals surface area contributed by atoms with E-state index >= 15 is 0 Å². The summed E-state index contributed by atoms with van der Waals surface area (Å²) < 4.78 is 0. The van der Waals surface area contributed by atoms with Gasteiger partial charge >= 0.3 is 0 Å². The summed E-state index contributed by atoms with van der Waals surface area (Å²) in [7, 11) is 0. The molecule has 0 aliphatic carbocycles. The maximum Gasteiger partial charge on any atom is 0.190 e. The number of nitrogens with one attached hydrogen (secondary N) is 1. The smallest absolute Gasteiger partial charge is 0.190 e. The molecule has 0 aliphatic heterocycles. The lowest BCUT2D eigenvalue weighted by Crippen LogP contribution is -2.21. The Morgan fingerprint density at radius 1 is 0.760 bits per heavy atom. The SMILES string of the molecule is O=C(/C(=C/c1ccccc1)CNCc1ccccc1)c1ccccc1. The van der Waals surface area contributed by atoms with Gasteiger partial charge in [0.1, 0.15) is 0 Å². The second-order valence-corrected chi connectivity index (χ2v) is 5.86. The molecule has 2 heteroatoms. The molecule has 0 aromatic heterocycles. The Hall–Kier alpha value is -2.97. The lowest BCUT2D eigenvalue weighted by molar-refractivity contribution is 0.103. The van der Waals surface area contributed by atoms with Crippen molar-refractivity contribution in [3.63, 3.8) is 0 Å². The molecular weight excluding hydrogens is 306 g/mol. The molecule has 0 heterocycles. The second kappa shape index (κ2) is 8.76. The predicted molar refractivity (Wildman–Crippen MR) is 103 cm³/mol. The van der Waals surface area contributed by atoms with Crippen LogP contribution < -0.4 is 5.32 Å². The molecule has 25 heavy (non-hydrogen) atoms. The summed E-state index contributed by atoms with van der Waals surface area (Å²) in [5, 5.41) is 3.38. The Labute approximate surface area is 148 Å². The van der Waals surface area contributed by atoms with E-state index in [-0.39, 0.29) is 5.78 Å². The van der Waals surface area contributed by atoms with E-state index in [1.807, 2.05) is 84.9 Å². The van der Waals surface area contributed by atoms with E-state index in [1.165, 1.54) is 5.56 Å². The summed E-state index contributed by atoms with van der Waals surface area (Å²) in [5.74, 6) is 0.0602. The highest BCUT2D eigenvalue weighted by atomic mass is 16.1. The molecule has 3 rings (SSSR count). The molecule has 0 atom stereocenters. The van der Waals surface area contributed by atoms with Crippen LogP contribution in [0.15, 0.2) is 96.6 Å². The minimum atomic E-state index is 0.0602. The Bertz CT molecular complexity index is 824. The van der Waals surface area contributed by atoms with Crippen LogP contribution in [0, 0.1) is 0 Å². The normalized spacial score (nSPS) is 11.3.